The molecule has 1 amide bonds. The molecule has 1 aliphatic carbocycles. The Morgan fingerprint density at radius 2 is 1.85 bits per heavy atom. The third kappa shape index (κ3) is 4.98. The number of benzene rings is 1. The summed E-state index contributed by atoms with van der Waals surface area (Å²) in [4.78, 5) is 24.5. The molecule has 1 aliphatic rings. The van der Waals surface area contributed by atoms with Crippen molar-refractivity contribution in [1.82, 2.24) is 10.2 Å². The molecule has 1 N–H and O–H groups in total. The lowest BCUT2D eigenvalue weighted by Gasteiger charge is -2.02. The van der Waals surface area contributed by atoms with Gasteiger partial charge in [-0.1, -0.05) is 60.5 Å². The lowest BCUT2D eigenvalue weighted by atomic mass is 10.1. The van der Waals surface area contributed by atoms with E-state index < -0.39 is 0 Å². The standard InChI is InChI=1S/C23H21Cl2N3O4S/c1-4-31-21(30)13-7-5-12(6-8-13)15-9-10-16(32-15)20-27-28-22(33-20)26-19(29)18-14(11-17(24)25)23(18,2)3/h5-11,14,18H,4H2,1-3H3,(H,26,28,29). The number of nitrogens with one attached hydrogen (secondary N) is 1. The summed E-state index contributed by atoms with van der Waals surface area (Å²) in [6.45, 7) is 6.07. The quantitative estimate of drug-likeness (QED) is 0.385. The normalized spacial score (nSPS) is 18.5. The molecule has 2 atom stereocenters. The highest BCUT2D eigenvalue weighted by Crippen LogP contribution is 2.60. The maximum atomic E-state index is 12.7. The number of aromatic nitrogens is 2. The van der Waals surface area contributed by atoms with Gasteiger partial charge in [0.15, 0.2) is 10.8 Å². The second kappa shape index (κ2) is 9.29. The van der Waals surface area contributed by atoms with Gasteiger partial charge in [-0.2, -0.15) is 0 Å². The van der Waals surface area contributed by atoms with Gasteiger partial charge in [0, 0.05) is 5.56 Å². The minimum absolute atomic E-state index is 0.0299. The average Bonchev–Trinajstić information content (AvgIpc) is 3.20. The average molecular weight is 506 g/mol. The number of amides is 1. The summed E-state index contributed by atoms with van der Waals surface area (Å²) < 4.78 is 11.1. The van der Waals surface area contributed by atoms with Gasteiger partial charge in [0.1, 0.15) is 10.3 Å². The number of hydrogen-bond acceptors (Lipinski definition) is 7. The monoisotopic (exact) mass is 505 g/mol. The molecule has 2 aromatic heterocycles. The first kappa shape index (κ1) is 23.5. The van der Waals surface area contributed by atoms with E-state index >= 15 is 0 Å². The molecular weight excluding hydrogens is 485 g/mol. The summed E-state index contributed by atoms with van der Waals surface area (Å²) in [5, 5.41) is 11.9. The van der Waals surface area contributed by atoms with Crippen molar-refractivity contribution in [2.75, 3.05) is 11.9 Å². The number of anilines is 1. The summed E-state index contributed by atoms with van der Waals surface area (Å²) >= 11 is 12.7. The molecule has 0 saturated heterocycles. The lowest BCUT2D eigenvalue weighted by molar-refractivity contribution is -0.118. The Labute approximate surface area is 204 Å². The van der Waals surface area contributed by atoms with Crippen LogP contribution in [0.15, 0.2) is 51.4 Å². The van der Waals surface area contributed by atoms with Crippen LogP contribution in [0.2, 0.25) is 0 Å². The number of rotatable bonds is 7. The molecule has 1 saturated carbocycles. The van der Waals surface area contributed by atoms with E-state index in [1.165, 1.54) is 11.3 Å². The Bertz CT molecular complexity index is 1210. The molecule has 0 aliphatic heterocycles. The summed E-state index contributed by atoms with van der Waals surface area (Å²) in [6, 6.07) is 10.6. The van der Waals surface area contributed by atoms with Crippen LogP contribution in [0.5, 0.6) is 0 Å². The largest absolute Gasteiger partial charge is 0.462 e. The first-order valence-electron chi connectivity index (χ1n) is 10.3. The molecule has 0 bridgehead atoms. The molecule has 4 rings (SSSR count). The van der Waals surface area contributed by atoms with Crippen LogP contribution in [0.25, 0.3) is 22.1 Å². The Hall–Kier alpha value is -2.68. The summed E-state index contributed by atoms with van der Waals surface area (Å²) in [7, 11) is 0. The number of ether oxygens (including phenoxy) is 1. The highest BCUT2D eigenvalue weighted by atomic mass is 35.5. The van der Waals surface area contributed by atoms with Gasteiger partial charge in [0.05, 0.1) is 18.1 Å². The van der Waals surface area contributed by atoms with Gasteiger partial charge in [-0.25, -0.2) is 4.79 Å². The second-order valence-corrected chi connectivity index (χ2v) is 10.1. The van der Waals surface area contributed by atoms with Crippen LogP contribution in [0.4, 0.5) is 5.13 Å². The van der Waals surface area contributed by atoms with Gasteiger partial charge >= 0.3 is 5.97 Å². The molecule has 0 radical (unpaired) electrons. The fourth-order valence-corrected chi connectivity index (χ4v) is 4.75. The molecule has 2 heterocycles. The number of nitrogens with zero attached hydrogens (tertiary/aromatic N) is 2. The molecular formula is C23H21Cl2N3O4S. The molecule has 33 heavy (non-hydrogen) atoms. The van der Waals surface area contributed by atoms with Crippen molar-refractivity contribution in [2.45, 2.75) is 20.8 Å². The fourth-order valence-electron chi connectivity index (χ4n) is 3.77. The maximum absolute atomic E-state index is 12.7. The van der Waals surface area contributed by atoms with Crippen LogP contribution in [0.3, 0.4) is 0 Å². The van der Waals surface area contributed by atoms with Crippen molar-refractivity contribution in [3.05, 3.63) is 52.5 Å². The third-order valence-electron chi connectivity index (χ3n) is 5.65. The van der Waals surface area contributed by atoms with Gasteiger partial charge in [0.2, 0.25) is 11.0 Å². The smallest absolute Gasteiger partial charge is 0.338 e. The van der Waals surface area contributed by atoms with Crippen LogP contribution < -0.4 is 5.32 Å². The highest BCUT2D eigenvalue weighted by molar-refractivity contribution is 7.18. The minimum atomic E-state index is -0.365. The van der Waals surface area contributed by atoms with Crippen molar-refractivity contribution in [2.24, 2.45) is 17.3 Å². The van der Waals surface area contributed by atoms with Crippen molar-refractivity contribution < 1.29 is 18.7 Å². The highest BCUT2D eigenvalue weighted by Gasteiger charge is 2.60. The zero-order valence-corrected chi connectivity index (χ0v) is 20.4. The number of halogens is 2. The van der Waals surface area contributed by atoms with E-state index in [4.69, 9.17) is 32.4 Å². The Kier molecular flexibility index (Phi) is 6.61. The summed E-state index contributed by atoms with van der Waals surface area (Å²) in [5.74, 6) is 0.353. The predicted octanol–water partition coefficient (Wildman–Crippen LogP) is 6.17. The van der Waals surface area contributed by atoms with E-state index in [1.807, 2.05) is 19.9 Å². The number of hydrogen-bond donors (Lipinski definition) is 1. The molecule has 1 fully saturated rings. The zero-order valence-electron chi connectivity index (χ0n) is 18.1. The van der Waals surface area contributed by atoms with Crippen molar-refractivity contribution in [3.8, 4) is 22.1 Å². The molecule has 172 valence electrons. The minimum Gasteiger partial charge on any atom is -0.462 e. The van der Waals surface area contributed by atoms with Gasteiger partial charge in [-0.15, -0.1) is 10.2 Å². The van der Waals surface area contributed by atoms with Gasteiger partial charge < -0.3 is 14.5 Å². The third-order valence-corrected chi connectivity index (χ3v) is 6.76. The Morgan fingerprint density at radius 1 is 1.15 bits per heavy atom. The molecule has 1 aromatic carbocycles. The SMILES string of the molecule is CCOC(=O)c1ccc(-c2ccc(-c3nnc(NC(=O)C4C(C=C(Cl)Cl)C4(C)C)s3)o2)cc1. The summed E-state index contributed by atoms with van der Waals surface area (Å²) in [6.07, 6.45) is 1.70. The zero-order chi connectivity index (χ0) is 23.8. The van der Waals surface area contributed by atoms with Crippen LogP contribution >= 0.6 is 34.5 Å². The van der Waals surface area contributed by atoms with Crippen molar-refractivity contribution >= 4 is 51.5 Å². The van der Waals surface area contributed by atoms with Crippen LogP contribution in [-0.4, -0.2) is 28.7 Å². The van der Waals surface area contributed by atoms with E-state index in [0.29, 0.717) is 33.8 Å². The van der Waals surface area contributed by atoms with Crippen LogP contribution in [0.1, 0.15) is 31.1 Å². The number of allylic oxidation sites excluding steroid dienone is 1. The van der Waals surface area contributed by atoms with E-state index in [0.717, 1.165) is 5.56 Å². The molecule has 7 nitrogen and oxygen atoms in total. The first-order chi connectivity index (χ1) is 15.7. The van der Waals surface area contributed by atoms with Gasteiger partial charge in [-0.3, -0.25) is 4.79 Å². The second-order valence-electron chi connectivity index (χ2n) is 8.14. The Balaban J connectivity index is 1.43. The van der Waals surface area contributed by atoms with Crippen molar-refractivity contribution in [1.29, 1.82) is 0 Å². The van der Waals surface area contributed by atoms with Gasteiger partial charge in [0.25, 0.3) is 0 Å². The van der Waals surface area contributed by atoms with E-state index in [2.05, 4.69) is 15.5 Å². The van der Waals surface area contributed by atoms with E-state index in [1.54, 1.807) is 43.3 Å². The lowest BCUT2D eigenvalue weighted by Crippen LogP contribution is -2.16. The molecule has 2 unspecified atom stereocenters. The fraction of sp³-hybridized carbons (Fsp3) is 0.304. The number of esters is 1. The number of carbonyl (C=O) groups is 2. The van der Waals surface area contributed by atoms with Crippen LogP contribution in [-0.2, 0) is 9.53 Å². The van der Waals surface area contributed by atoms with Crippen LogP contribution in [0, 0.1) is 17.3 Å². The first-order valence-corrected chi connectivity index (χ1v) is 11.8. The van der Waals surface area contributed by atoms with E-state index in [9.17, 15) is 9.59 Å². The van der Waals surface area contributed by atoms with E-state index in [-0.39, 0.29) is 33.6 Å². The molecule has 3 aromatic rings. The van der Waals surface area contributed by atoms with Gasteiger partial charge in [-0.05, 0) is 48.6 Å². The predicted molar refractivity (Wildman–Crippen MR) is 128 cm³/mol. The maximum Gasteiger partial charge on any atom is 0.338 e. The molecule has 0 spiro atoms. The summed E-state index contributed by atoms with van der Waals surface area (Å²) in [5.41, 5.74) is 1.05. The number of furan rings is 1. The van der Waals surface area contributed by atoms with Crippen molar-refractivity contribution in [3.63, 3.8) is 0 Å². The topological polar surface area (TPSA) is 94.3 Å². The Morgan fingerprint density at radius 3 is 2.52 bits per heavy atom. The number of carbonyl (C=O) groups excluding carboxylic acids is 2. The molecule has 10 heteroatoms.